The average Bonchev–Trinajstić information content (AvgIpc) is 2.55. The summed E-state index contributed by atoms with van der Waals surface area (Å²) in [5.74, 6) is -0.122. The van der Waals surface area contributed by atoms with E-state index in [0.717, 1.165) is 22.4 Å². The molecule has 2 rings (SSSR count). The summed E-state index contributed by atoms with van der Waals surface area (Å²) in [6, 6.07) is 13.3. The Morgan fingerprint density at radius 2 is 1.62 bits per heavy atom. The summed E-state index contributed by atoms with van der Waals surface area (Å²) in [7, 11) is -3.42. The van der Waals surface area contributed by atoms with E-state index in [2.05, 4.69) is 5.32 Å². The van der Waals surface area contributed by atoms with Gasteiger partial charge in [-0.1, -0.05) is 29.8 Å². The molecule has 2 aromatic rings. The van der Waals surface area contributed by atoms with Crippen molar-refractivity contribution < 1.29 is 13.2 Å². The summed E-state index contributed by atoms with van der Waals surface area (Å²) in [5.41, 5.74) is 4.43. The highest BCUT2D eigenvalue weighted by atomic mass is 32.2. The molecule has 0 fully saturated rings. The Labute approximate surface area is 156 Å². The van der Waals surface area contributed by atoms with Crippen LogP contribution >= 0.6 is 0 Å². The van der Waals surface area contributed by atoms with Gasteiger partial charge in [-0.15, -0.1) is 0 Å². The fourth-order valence-corrected chi connectivity index (χ4v) is 3.71. The highest BCUT2D eigenvalue weighted by Gasteiger charge is 2.19. The molecule has 0 aliphatic heterocycles. The third-order valence-corrected chi connectivity index (χ3v) is 5.31. The van der Waals surface area contributed by atoms with Crippen LogP contribution in [0, 0.1) is 20.8 Å². The smallest absolute Gasteiger partial charge is 0.232 e. The predicted octanol–water partition coefficient (Wildman–Crippen LogP) is 3.80. The normalized spacial score (nSPS) is 11.2. The first-order valence-electron chi connectivity index (χ1n) is 8.58. The van der Waals surface area contributed by atoms with Crippen molar-refractivity contribution in [2.45, 2.75) is 33.6 Å². The number of anilines is 2. The molecule has 0 saturated carbocycles. The lowest BCUT2D eigenvalue weighted by atomic mass is 10.1. The molecule has 2 aromatic carbocycles. The molecular formula is C20H26N2O3S. The second-order valence-corrected chi connectivity index (χ2v) is 8.55. The van der Waals surface area contributed by atoms with E-state index in [9.17, 15) is 13.2 Å². The fraction of sp³-hybridized carbons (Fsp3) is 0.350. The second-order valence-electron chi connectivity index (χ2n) is 6.64. The maximum Gasteiger partial charge on any atom is 0.232 e. The molecule has 26 heavy (non-hydrogen) atoms. The number of aryl methyl sites for hydroxylation is 3. The lowest BCUT2D eigenvalue weighted by Crippen LogP contribution is -2.32. The predicted molar refractivity (Wildman–Crippen MR) is 107 cm³/mol. The number of nitrogens with zero attached hydrogens (tertiary/aromatic N) is 1. The maximum absolute atomic E-state index is 12.2. The molecule has 1 N–H and O–H groups in total. The molecule has 1 amide bonds. The van der Waals surface area contributed by atoms with Crippen molar-refractivity contribution in [3.8, 4) is 0 Å². The number of carbonyl (C=O) groups is 1. The second kappa shape index (κ2) is 8.36. The summed E-state index contributed by atoms with van der Waals surface area (Å²) in [6.07, 6.45) is 1.89. The van der Waals surface area contributed by atoms with Crippen LogP contribution < -0.4 is 9.62 Å². The lowest BCUT2D eigenvalue weighted by molar-refractivity contribution is -0.116. The Hall–Kier alpha value is -2.34. The van der Waals surface area contributed by atoms with Crippen LogP contribution in [0.5, 0.6) is 0 Å². The van der Waals surface area contributed by atoms with Gasteiger partial charge < -0.3 is 5.32 Å². The molecule has 0 saturated heterocycles. The van der Waals surface area contributed by atoms with E-state index >= 15 is 0 Å². The molecule has 140 valence electrons. The molecule has 0 heterocycles. The number of sulfonamides is 1. The third kappa shape index (κ3) is 5.59. The number of nitrogens with one attached hydrogen (secondary N) is 1. The topological polar surface area (TPSA) is 66.5 Å². The molecule has 0 spiro atoms. The summed E-state index contributed by atoms with van der Waals surface area (Å²) >= 11 is 0. The van der Waals surface area contributed by atoms with Crippen molar-refractivity contribution in [1.29, 1.82) is 0 Å². The molecule has 0 radical (unpaired) electrons. The monoisotopic (exact) mass is 374 g/mol. The first-order valence-corrected chi connectivity index (χ1v) is 10.4. The largest absolute Gasteiger partial charge is 0.326 e. The van der Waals surface area contributed by atoms with E-state index in [1.54, 1.807) is 0 Å². The zero-order valence-electron chi connectivity index (χ0n) is 15.7. The van der Waals surface area contributed by atoms with Gasteiger partial charge in [0.25, 0.3) is 0 Å². The number of benzene rings is 2. The average molecular weight is 375 g/mol. The van der Waals surface area contributed by atoms with Gasteiger partial charge in [0.05, 0.1) is 11.9 Å². The van der Waals surface area contributed by atoms with Gasteiger partial charge in [-0.05, 0) is 56.5 Å². The van der Waals surface area contributed by atoms with E-state index in [1.807, 2.05) is 63.2 Å². The fourth-order valence-electron chi connectivity index (χ4n) is 2.70. The van der Waals surface area contributed by atoms with Crippen molar-refractivity contribution in [3.05, 3.63) is 59.2 Å². The van der Waals surface area contributed by atoms with Crippen molar-refractivity contribution >= 4 is 27.3 Å². The molecule has 0 aromatic heterocycles. The van der Waals surface area contributed by atoms with Gasteiger partial charge in [0.15, 0.2) is 0 Å². The lowest BCUT2D eigenvalue weighted by Gasteiger charge is -2.24. The van der Waals surface area contributed by atoms with E-state index in [4.69, 9.17) is 0 Å². The van der Waals surface area contributed by atoms with Crippen LogP contribution in [-0.2, 0) is 14.8 Å². The van der Waals surface area contributed by atoms with Crippen molar-refractivity contribution in [2.24, 2.45) is 0 Å². The van der Waals surface area contributed by atoms with Gasteiger partial charge in [-0.3, -0.25) is 9.10 Å². The Morgan fingerprint density at radius 3 is 2.23 bits per heavy atom. The van der Waals surface area contributed by atoms with Crippen LogP contribution in [0.1, 0.15) is 29.5 Å². The zero-order valence-corrected chi connectivity index (χ0v) is 16.6. The van der Waals surface area contributed by atoms with Crippen LogP contribution in [0.2, 0.25) is 0 Å². The van der Waals surface area contributed by atoms with E-state index < -0.39 is 10.0 Å². The van der Waals surface area contributed by atoms with Crippen LogP contribution in [0.4, 0.5) is 11.4 Å². The van der Waals surface area contributed by atoms with Crippen molar-refractivity contribution in [3.63, 3.8) is 0 Å². The molecule has 0 atom stereocenters. The number of amides is 1. The third-order valence-electron chi connectivity index (χ3n) is 4.13. The molecular weight excluding hydrogens is 348 g/mol. The summed E-state index contributed by atoms with van der Waals surface area (Å²) in [5, 5.41) is 2.83. The summed E-state index contributed by atoms with van der Waals surface area (Å²) < 4.78 is 25.8. The van der Waals surface area contributed by atoms with Gasteiger partial charge in [-0.25, -0.2) is 8.42 Å². The molecule has 5 nitrogen and oxygen atoms in total. The summed E-state index contributed by atoms with van der Waals surface area (Å²) in [6.45, 7) is 6.07. The minimum atomic E-state index is -3.42. The number of rotatable bonds is 7. The summed E-state index contributed by atoms with van der Waals surface area (Å²) in [4.78, 5) is 12.1. The maximum atomic E-state index is 12.2. The Kier molecular flexibility index (Phi) is 6.42. The van der Waals surface area contributed by atoms with Gasteiger partial charge >= 0.3 is 0 Å². The Bertz CT molecular complexity index is 874. The minimum absolute atomic E-state index is 0.122. The van der Waals surface area contributed by atoms with Gasteiger partial charge in [0, 0.05) is 18.7 Å². The van der Waals surface area contributed by atoms with Crippen molar-refractivity contribution in [2.75, 3.05) is 22.4 Å². The Morgan fingerprint density at radius 1 is 1.00 bits per heavy atom. The van der Waals surface area contributed by atoms with E-state index in [-0.39, 0.29) is 18.9 Å². The van der Waals surface area contributed by atoms with Crippen LogP contribution in [0.25, 0.3) is 0 Å². The van der Waals surface area contributed by atoms with Gasteiger partial charge in [0.1, 0.15) is 0 Å². The first kappa shape index (κ1) is 20.0. The van der Waals surface area contributed by atoms with Gasteiger partial charge in [-0.2, -0.15) is 0 Å². The number of carbonyl (C=O) groups excluding carboxylic acids is 1. The van der Waals surface area contributed by atoms with Crippen LogP contribution in [-0.4, -0.2) is 27.1 Å². The standard InChI is InChI=1S/C20H26N2O3S/c1-15-8-11-18(12-9-15)21-20(23)6-5-13-22(26(4,24)25)19-14-16(2)7-10-17(19)3/h7-12,14H,5-6,13H2,1-4H3,(H,21,23). The zero-order chi connectivity index (χ0) is 19.3. The van der Waals surface area contributed by atoms with Crippen LogP contribution in [0.15, 0.2) is 42.5 Å². The molecule has 0 aliphatic carbocycles. The molecule has 0 unspecified atom stereocenters. The molecule has 0 bridgehead atoms. The van der Waals surface area contributed by atoms with Crippen molar-refractivity contribution in [1.82, 2.24) is 0 Å². The highest BCUT2D eigenvalue weighted by molar-refractivity contribution is 7.92. The van der Waals surface area contributed by atoms with E-state index in [1.165, 1.54) is 10.6 Å². The van der Waals surface area contributed by atoms with E-state index in [0.29, 0.717) is 12.1 Å². The Balaban J connectivity index is 2.01. The number of hydrogen-bond donors (Lipinski definition) is 1. The SMILES string of the molecule is Cc1ccc(NC(=O)CCCN(c2cc(C)ccc2C)S(C)(=O)=O)cc1. The number of hydrogen-bond acceptors (Lipinski definition) is 3. The van der Waals surface area contributed by atoms with Gasteiger partial charge in [0.2, 0.25) is 15.9 Å². The highest BCUT2D eigenvalue weighted by Crippen LogP contribution is 2.24. The minimum Gasteiger partial charge on any atom is -0.326 e. The van der Waals surface area contributed by atoms with Crippen LogP contribution in [0.3, 0.4) is 0 Å². The first-order chi connectivity index (χ1) is 12.2. The molecule has 6 heteroatoms. The molecule has 0 aliphatic rings. The quantitative estimate of drug-likeness (QED) is 0.802.